The van der Waals surface area contributed by atoms with E-state index in [1.54, 1.807) is 0 Å². The molecule has 21 heavy (non-hydrogen) atoms. The first-order chi connectivity index (χ1) is 10.3. The molecular formula is C18H23N3. The van der Waals surface area contributed by atoms with Crippen LogP contribution in [-0.2, 0) is 6.42 Å². The van der Waals surface area contributed by atoms with Crippen LogP contribution in [0.4, 0.5) is 11.4 Å². The maximum atomic E-state index is 6.05. The third-order valence-electron chi connectivity index (χ3n) is 4.26. The number of fused-ring (bicyclic) bond motifs is 1. The van der Waals surface area contributed by atoms with Crippen molar-refractivity contribution in [3.05, 3.63) is 53.9 Å². The Balaban J connectivity index is 1.93. The quantitative estimate of drug-likeness (QED) is 0.925. The summed E-state index contributed by atoms with van der Waals surface area (Å²) in [6.07, 6.45) is 6.51. The molecule has 0 aliphatic carbocycles. The lowest BCUT2D eigenvalue weighted by molar-refractivity contribution is 0.675. The molecule has 2 heterocycles. The van der Waals surface area contributed by atoms with Gasteiger partial charge in [0.15, 0.2) is 0 Å². The number of hydrogen-bond acceptors (Lipinski definition) is 3. The smallest absolute Gasteiger partial charge is 0.0597 e. The number of para-hydroxylation sites is 1. The molecule has 3 heteroatoms. The van der Waals surface area contributed by atoms with E-state index in [0.29, 0.717) is 0 Å². The number of pyridine rings is 1. The molecular weight excluding hydrogens is 258 g/mol. The SMILES string of the molecule is CC[C@@H](N)c1ccc(N2CCCCc3ccccc32)cn1. The molecule has 0 radical (unpaired) electrons. The molecule has 0 spiro atoms. The molecule has 2 N–H and O–H groups in total. The van der Waals surface area contributed by atoms with Crippen LogP contribution in [0.2, 0.25) is 0 Å². The number of benzene rings is 1. The molecule has 0 bridgehead atoms. The van der Waals surface area contributed by atoms with Gasteiger partial charge in [0.1, 0.15) is 0 Å². The lowest BCUT2D eigenvalue weighted by Crippen LogP contribution is -2.18. The van der Waals surface area contributed by atoms with Gasteiger partial charge >= 0.3 is 0 Å². The molecule has 1 aliphatic heterocycles. The monoisotopic (exact) mass is 281 g/mol. The van der Waals surface area contributed by atoms with Crippen LogP contribution in [-0.4, -0.2) is 11.5 Å². The lowest BCUT2D eigenvalue weighted by Gasteiger charge is -2.25. The standard InChI is InChI=1S/C18H23N3/c1-2-16(19)17-11-10-15(13-20-17)21-12-6-5-8-14-7-3-4-9-18(14)21/h3-4,7,9-11,13,16H,2,5-6,8,12,19H2,1H3/t16-/m1/s1. The molecule has 0 saturated heterocycles. The van der Waals surface area contributed by atoms with Gasteiger partial charge in [-0.2, -0.15) is 0 Å². The summed E-state index contributed by atoms with van der Waals surface area (Å²) in [4.78, 5) is 6.95. The number of rotatable bonds is 3. The van der Waals surface area contributed by atoms with Crippen LogP contribution in [0.15, 0.2) is 42.6 Å². The van der Waals surface area contributed by atoms with E-state index in [2.05, 4.69) is 53.2 Å². The summed E-state index contributed by atoms with van der Waals surface area (Å²) < 4.78 is 0. The summed E-state index contributed by atoms with van der Waals surface area (Å²) in [7, 11) is 0. The molecule has 3 nitrogen and oxygen atoms in total. The fourth-order valence-electron chi connectivity index (χ4n) is 2.95. The van der Waals surface area contributed by atoms with Gasteiger partial charge < -0.3 is 10.6 Å². The van der Waals surface area contributed by atoms with Gasteiger partial charge in [-0.15, -0.1) is 0 Å². The van der Waals surface area contributed by atoms with Crippen molar-refractivity contribution in [1.29, 1.82) is 0 Å². The maximum Gasteiger partial charge on any atom is 0.0597 e. The third kappa shape index (κ3) is 2.93. The number of aromatic nitrogens is 1. The van der Waals surface area contributed by atoms with Crippen LogP contribution in [0.1, 0.15) is 43.5 Å². The average molecular weight is 281 g/mol. The number of nitrogens with zero attached hydrogens (tertiary/aromatic N) is 2. The van der Waals surface area contributed by atoms with Crippen molar-refractivity contribution >= 4 is 11.4 Å². The van der Waals surface area contributed by atoms with Crippen molar-refractivity contribution in [2.24, 2.45) is 5.73 Å². The second-order valence-electron chi connectivity index (χ2n) is 5.69. The van der Waals surface area contributed by atoms with Crippen molar-refractivity contribution < 1.29 is 0 Å². The van der Waals surface area contributed by atoms with E-state index in [4.69, 9.17) is 5.73 Å². The van der Waals surface area contributed by atoms with Crippen LogP contribution in [0.5, 0.6) is 0 Å². The molecule has 1 aliphatic rings. The molecule has 1 atom stereocenters. The van der Waals surface area contributed by atoms with E-state index in [0.717, 1.165) is 24.3 Å². The van der Waals surface area contributed by atoms with Gasteiger partial charge in [0.2, 0.25) is 0 Å². The van der Waals surface area contributed by atoms with Crippen molar-refractivity contribution in [1.82, 2.24) is 4.98 Å². The fourth-order valence-corrected chi connectivity index (χ4v) is 2.95. The van der Waals surface area contributed by atoms with Gasteiger partial charge in [-0.05, 0) is 49.4 Å². The minimum atomic E-state index is 0.0375. The van der Waals surface area contributed by atoms with Gasteiger partial charge in [0.25, 0.3) is 0 Å². The first-order valence-corrected chi connectivity index (χ1v) is 7.86. The normalized spacial score (nSPS) is 16.2. The van der Waals surface area contributed by atoms with E-state index < -0.39 is 0 Å². The van der Waals surface area contributed by atoms with Gasteiger partial charge in [-0.25, -0.2) is 0 Å². The highest BCUT2D eigenvalue weighted by Crippen LogP contribution is 2.32. The van der Waals surface area contributed by atoms with Crippen LogP contribution in [0, 0.1) is 0 Å². The highest BCUT2D eigenvalue weighted by molar-refractivity contribution is 5.66. The van der Waals surface area contributed by atoms with Gasteiger partial charge in [0, 0.05) is 18.3 Å². The van der Waals surface area contributed by atoms with Crippen molar-refractivity contribution in [2.75, 3.05) is 11.4 Å². The van der Waals surface area contributed by atoms with Gasteiger partial charge in [-0.3, -0.25) is 4.98 Å². The lowest BCUT2D eigenvalue weighted by atomic mass is 10.1. The summed E-state index contributed by atoms with van der Waals surface area (Å²) in [5, 5.41) is 0. The molecule has 3 rings (SSSR count). The molecule has 0 fully saturated rings. The molecule has 1 aromatic heterocycles. The Morgan fingerprint density at radius 1 is 1.19 bits per heavy atom. The topological polar surface area (TPSA) is 42.1 Å². The predicted molar refractivity (Wildman–Crippen MR) is 87.8 cm³/mol. The zero-order valence-corrected chi connectivity index (χ0v) is 12.6. The molecule has 0 amide bonds. The van der Waals surface area contributed by atoms with E-state index in [1.165, 1.54) is 30.5 Å². The van der Waals surface area contributed by atoms with E-state index in [1.807, 2.05) is 6.20 Å². The Bertz CT molecular complexity index is 592. The first-order valence-electron chi connectivity index (χ1n) is 7.86. The number of aryl methyl sites for hydroxylation is 1. The number of nitrogens with two attached hydrogens (primary N) is 1. The largest absolute Gasteiger partial charge is 0.340 e. The zero-order chi connectivity index (χ0) is 14.7. The Hall–Kier alpha value is -1.87. The molecule has 0 unspecified atom stereocenters. The van der Waals surface area contributed by atoms with Crippen molar-refractivity contribution in [2.45, 2.75) is 38.6 Å². The van der Waals surface area contributed by atoms with E-state index in [-0.39, 0.29) is 6.04 Å². The minimum Gasteiger partial charge on any atom is -0.340 e. The second-order valence-corrected chi connectivity index (χ2v) is 5.69. The first kappa shape index (κ1) is 14.1. The Morgan fingerprint density at radius 3 is 2.81 bits per heavy atom. The maximum absolute atomic E-state index is 6.05. The molecule has 1 aromatic carbocycles. The van der Waals surface area contributed by atoms with Crippen LogP contribution < -0.4 is 10.6 Å². The Labute approximate surface area is 126 Å². The Kier molecular flexibility index (Phi) is 4.20. The summed E-state index contributed by atoms with van der Waals surface area (Å²) in [6, 6.07) is 13.0. The molecule has 2 aromatic rings. The van der Waals surface area contributed by atoms with E-state index >= 15 is 0 Å². The summed E-state index contributed by atoms with van der Waals surface area (Å²) in [5.41, 5.74) is 10.9. The highest BCUT2D eigenvalue weighted by atomic mass is 15.1. The van der Waals surface area contributed by atoms with E-state index in [9.17, 15) is 0 Å². The summed E-state index contributed by atoms with van der Waals surface area (Å²) >= 11 is 0. The fraction of sp³-hybridized carbons (Fsp3) is 0.389. The minimum absolute atomic E-state index is 0.0375. The summed E-state index contributed by atoms with van der Waals surface area (Å²) in [6.45, 7) is 3.14. The summed E-state index contributed by atoms with van der Waals surface area (Å²) in [5.74, 6) is 0. The number of hydrogen-bond donors (Lipinski definition) is 1. The van der Waals surface area contributed by atoms with Crippen LogP contribution in [0.3, 0.4) is 0 Å². The average Bonchev–Trinajstić information content (AvgIpc) is 2.77. The zero-order valence-electron chi connectivity index (χ0n) is 12.6. The Morgan fingerprint density at radius 2 is 2.05 bits per heavy atom. The molecule has 0 saturated carbocycles. The number of anilines is 2. The van der Waals surface area contributed by atoms with Gasteiger partial charge in [-0.1, -0.05) is 25.1 Å². The van der Waals surface area contributed by atoms with Crippen LogP contribution >= 0.6 is 0 Å². The van der Waals surface area contributed by atoms with Crippen molar-refractivity contribution in [3.8, 4) is 0 Å². The van der Waals surface area contributed by atoms with Crippen molar-refractivity contribution in [3.63, 3.8) is 0 Å². The third-order valence-corrected chi connectivity index (χ3v) is 4.26. The predicted octanol–water partition coefficient (Wildman–Crippen LogP) is 3.97. The van der Waals surface area contributed by atoms with Gasteiger partial charge in [0.05, 0.1) is 17.6 Å². The molecule has 110 valence electrons. The highest BCUT2D eigenvalue weighted by Gasteiger charge is 2.16. The van der Waals surface area contributed by atoms with Crippen LogP contribution in [0.25, 0.3) is 0 Å². The second kappa shape index (κ2) is 6.27.